The van der Waals surface area contributed by atoms with Crippen LogP contribution in [-0.4, -0.2) is 10.2 Å². The van der Waals surface area contributed by atoms with Crippen LogP contribution in [0.25, 0.3) is 0 Å². The van der Waals surface area contributed by atoms with Gasteiger partial charge in [-0.1, -0.05) is 11.2 Å². The lowest BCUT2D eigenvalue weighted by atomic mass is 10.3. The SMILES string of the molecule is CC(Nc1nnc(CCl)o1)c1cccs1. The highest BCUT2D eigenvalue weighted by atomic mass is 35.5. The molecule has 0 fully saturated rings. The van der Waals surface area contributed by atoms with Crippen molar-refractivity contribution in [1.82, 2.24) is 10.2 Å². The predicted octanol–water partition coefficient (Wildman–Crippen LogP) is 3.04. The third-order valence-electron chi connectivity index (χ3n) is 1.89. The summed E-state index contributed by atoms with van der Waals surface area (Å²) < 4.78 is 5.24. The van der Waals surface area contributed by atoms with Crippen LogP contribution in [0.5, 0.6) is 0 Å². The molecule has 0 saturated carbocycles. The van der Waals surface area contributed by atoms with Crippen LogP contribution in [0.3, 0.4) is 0 Å². The van der Waals surface area contributed by atoms with E-state index in [-0.39, 0.29) is 11.9 Å². The molecule has 0 saturated heterocycles. The van der Waals surface area contributed by atoms with E-state index in [1.54, 1.807) is 11.3 Å². The van der Waals surface area contributed by atoms with Gasteiger partial charge in [0.15, 0.2) is 0 Å². The molecule has 15 heavy (non-hydrogen) atoms. The minimum atomic E-state index is 0.161. The zero-order valence-electron chi connectivity index (χ0n) is 8.11. The van der Waals surface area contributed by atoms with E-state index in [1.165, 1.54) is 4.88 Å². The highest BCUT2D eigenvalue weighted by Gasteiger charge is 2.10. The molecule has 4 nitrogen and oxygen atoms in total. The van der Waals surface area contributed by atoms with Gasteiger partial charge in [0.25, 0.3) is 0 Å². The first kappa shape index (κ1) is 10.4. The van der Waals surface area contributed by atoms with Gasteiger partial charge >= 0.3 is 6.01 Å². The Morgan fingerprint density at radius 1 is 1.60 bits per heavy atom. The Bertz CT molecular complexity index is 415. The van der Waals surface area contributed by atoms with Crippen LogP contribution in [0.15, 0.2) is 21.9 Å². The third kappa shape index (κ3) is 2.49. The molecule has 1 unspecified atom stereocenters. The van der Waals surface area contributed by atoms with Crippen molar-refractivity contribution < 1.29 is 4.42 Å². The van der Waals surface area contributed by atoms with Gasteiger partial charge in [-0.15, -0.1) is 28.0 Å². The van der Waals surface area contributed by atoms with Crippen LogP contribution < -0.4 is 5.32 Å². The van der Waals surface area contributed by atoms with E-state index in [2.05, 4.69) is 21.6 Å². The first-order valence-corrected chi connectivity index (χ1v) is 5.89. The molecule has 0 aliphatic carbocycles. The zero-order chi connectivity index (χ0) is 10.7. The van der Waals surface area contributed by atoms with Gasteiger partial charge in [0.1, 0.15) is 5.88 Å². The molecule has 2 heterocycles. The molecule has 0 bridgehead atoms. The Hall–Kier alpha value is -1.07. The van der Waals surface area contributed by atoms with Crippen molar-refractivity contribution in [2.75, 3.05) is 5.32 Å². The highest BCUT2D eigenvalue weighted by molar-refractivity contribution is 7.10. The summed E-state index contributed by atoms with van der Waals surface area (Å²) in [5.74, 6) is 0.666. The third-order valence-corrected chi connectivity index (χ3v) is 3.17. The van der Waals surface area contributed by atoms with E-state index >= 15 is 0 Å². The predicted molar refractivity (Wildman–Crippen MR) is 60.2 cm³/mol. The number of anilines is 1. The largest absolute Gasteiger partial charge is 0.407 e. The standard InChI is InChI=1S/C9H10ClN3OS/c1-6(7-3-2-4-15-7)11-9-13-12-8(5-10)14-9/h2-4,6H,5H2,1H3,(H,11,13). The summed E-state index contributed by atoms with van der Waals surface area (Å²) in [5.41, 5.74) is 0. The Kier molecular flexibility index (Phi) is 3.23. The van der Waals surface area contributed by atoms with Crippen LogP contribution in [0.1, 0.15) is 23.7 Å². The number of halogens is 1. The van der Waals surface area contributed by atoms with Crippen molar-refractivity contribution in [1.29, 1.82) is 0 Å². The van der Waals surface area contributed by atoms with Crippen LogP contribution in [0.4, 0.5) is 6.01 Å². The number of aromatic nitrogens is 2. The molecular weight excluding hydrogens is 234 g/mol. The molecule has 2 rings (SSSR count). The molecule has 0 aromatic carbocycles. The summed E-state index contributed by atoms with van der Waals surface area (Å²) >= 11 is 7.24. The normalized spacial score (nSPS) is 12.7. The molecule has 1 atom stereocenters. The zero-order valence-corrected chi connectivity index (χ0v) is 9.68. The molecule has 2 aromatic heterocycles. The Morgan fingerprint density at radius 2 is 2.47 bits per heavy atom. The fraction of sp³-hybridized carbons (Fsp3) is 0.333. The second-order valence-corrected chi connectivity index (χ2v) is 4.26. The maximum absolute atomic E-state index is 5.55. The van der Waals surface area contributed by atoms with E-state index < -0.39 is 0 Å². The lowest BCUT2D eigenvalue weighted by molar-refractivity contribution is 0.521. The minimum Gasteiger partial charge on any atom is -0.407 e. The minimum absolute atomic E-state index is 0.161. The first-order valence-electron chi connectivity index (χ1n) is 4.48. The Balaban J connectivity index is 2.02. The molecule has 0 amide bonds. The van der Waals surface area contributed by atoms with Crippen molar-refractivity contribution in [2.24, 2.45) is 0 Å². The van der Waals surface area contributed by atoms with Crippen molar-refractivity contribution in [2.45, 2.75) is 18.8 Å². The van der Waals surface area contributed by atoms with Gasteiger partial charge in [0.2, 0.25) is 5.89 Å². The van der Waals surface area contributed by atoms with Gasteiger partial charge in [0.05, 0.1) is 6.04 Å². The maximum atomic E-state index is 5.55. The number of alkyl halides is 1. The van der Waals surface area contributed by atoms with E-state index in [0.29, 0.717) is 11.9 Å². The second kappa shape index (κ2) is 4.63. The van der Waals surface area contributed by atoms with Gasteiger partial charge in [0, 0.05) is 4.88 Å². The second-order valence-electron chi connectivity index (χ2n) is 3.02. The number of hydrogen-bond acceptors (Lipinski definition) is 5. The van der Waals surface area contributed by atoms with Crippen molar-refractivity contribution in [3.63, 3.8) is 0 Å². The van der Waals surface area contributed by atoms with Crippen LogP contribution >= 0.6 is 22.9 Å². The van der Waals surface area contributed by atoms with Crippen LogP contribution in [0, 0.1) is 0 Å². The summed E-state index contributed by atoms with van der Waals surface area (Å²) in [4.78, 5) is 1.22. The van der Waals surface area contributed by atoms with E-state index in [9.17, 15) is 0 Å². The number of rotatable bonds is 4. The average Bonchev–Trinajstić information content (AvgIpc) is 2.87. The average molecular weight is 244 g/mol. The molecule has 80 valence electrons. The fourth-order valence-electron chi connectivity index (χ4n) is 1.16. The molecule has 0 aliphatic rings. The number of nitrogens with zero attached hydrogens (tertiary/aromatic N) is 2. The number of thiophene rings is 1. The summed E-state index contributed by atoms with van der Waals surface area (Å²) in [6, 6.07) is 4.64. The van der Waals surface area contributed by atoms with E-state index in [4.69, 9.17) is 16.0 Å². The van der Waals surface area contributed by atoms with Crippen molar-refractivity contribution in [3.8, 4) is 0 Å². The smallest absolute Gasteiger partial charge is 0.316 e. The fourth-order valence-corrected chi connectivity index (χ4v) is 2.00. The van der Waals surface area contributed by atoms with Crippen molar-refractivity contribution >= 4 is 29.0 Å². The lowest BCUT2D eigenvalue weighted by Gasteiger charge is -2.08. The summed E-state index contributed by atoms with van der Waals surface area (Å²) in [5, 5.41) is 12.7. The maximum Gasteiger partial charge on any atom is 0.316 e. The van der Waals surface area contributed by atoms with Gasteiger partial charge < -0.3 is 9.73 Å². The van der Waals surface area contributed by atoms with Gasteiger partial charge in [-0.2, -0.15) is 0 Å². The monoisotopic (exact) mass is 243 g/mol. The number of nitrogens with one attached hydrogen (secondary N) is 1. The highest BCUT2D eigenvalue weighted by Crippen LogP contribution is 2.22. The van der Waals surface area contributed by atoms with Gasteiger partial charge in [-0.25, -0.2) is 0 Å². The van der Waals surface area contributed by atoms with Crippen LogP contribution in [-0.2, 0) is 5.88 Å². The molecule has 0 spiro atoms. The molecule has 6 heteroatoms. The van der Waals surface area contributed by atoms with Gasteiger partial charge in [-0.05, 0) is 18.4 Å². The van der Waals surface area contributed by atoms with E-state index in [1.807, 2.05) is 18.4 Å². The molecule has 2 aromatic rings. The molecule has 0 radical (unpaired) electrons. The molecular formula is C9H10ClN3OS. The Morgan fingerprint density at radius 3 is 3.07 bits per heavy atom. The molecule has 0 aliphatic heterocycles. The quantitative estimate of drug-likeness (QED) is 0.839. The topological polar surface area (TPSA) is 51.0 Å². The lowest BCUT2D eigenvalue weighted by Crippen LogP contribution is -2.04. The Labute approximate surface area is 96.3 Å². The summed E-state index contributed by atoms with van der Waals surface area (Å²) in [6.07, 6.45) is 0. The summed E-state index contributed by atoms with van der Waals surface area (Å²) in [7, 11) is 0. The van der Waals surface area contributed by atoms with Gasteiger partial charge in [-0.3, -0.25) is 0 Å². The van der Waals surface area contributed by atoms with E-state index in [0.717, 1.165) is 0 Å². The summed E-state index contributed by atoms with van der Waals surface area (Å²) in [6.45, 7) is 2.04. The molecule has 1 N–H and O–H groups in total. The first-order chi connectivity index (χ1) is 7.29. The van der Waals surface area contributed by atoms with Crippen LogP contribution in [0.2, 0.25) is 0 Å². The van der Waals surface area contributed by atoms with Crippen molar-refractivity contribution in [3.05, 3.63) is 28.3 Å². The number of hydrogen-bond donors (Lipinski definition) is 1.